The second kappa shape index (κ2) is 9.13. The molecule has 2 aromatic carbocycles. The van der Waals surface area contributed by atoms with Crippen LogP contribution in [0.2, 0.25) is 0 Å². The van der Waals surface area contributed by atoms with Crippen molar-refractivity contribution in [2.45, 2.75) is 17.1 Å². The SMILES string of the molecule is COc1cccc(NC(=O)CN(C)C(=O)C(C)Sc2ccccc2)c1. The van der Waals surface area contributed by atoms with Crippen molar-refractivity contribution in [3.8, 4) is 5.75 Å². The van der Waals surface area contributed by atoms with Gasteiger partial charge < -0.3 is 15.0 Å². The van der Waals surface area contributed by atoms with Gasteiger partial charge in [-0.3, -0.25) is 9.59 Å². The number of anilines is 1. The topological polar surface area (TPSA) is 58.6 Å². The van der Waals surface area contributed by atoms with E-state index in [1.165, 1.54) is 16.7 Å². The molecule has 2 rings (SSSR count). The van der Waals surface area contributed by atoms with E-state index in [4.69, 9.17) is 4.74 Å². The maximum Gasteiger partial charge on any atom is 0.243 e. The quantitative estimate of drug-likeness (QED) is 0.772. The summed E-state index contributed by atoms with van der Waals surface area (Å²) in [4.78, 5) is 27.1. The summed E-state index contributed by atoms with van der Waals surface area (Å²) in [5.74, 6) is 0.325. The van der Waals surface area contributed by atoms with Crippen molar-refractivity contribution in [1.82, 2.24) is 4.90 Å². The van der Waals surface area contributed by atoms with Gasteiger partial charge in [-0.1, -0.05) is 24.3 Å². The van der Waals surface area contributed by atoms with Gasteiger partial charge in [0.15, 0.2) is 0 Å². The lowest BCUT2D eigenvalue weighted by Gasteiger charge is -2.20. The number of hydrogen-bond donors (Lipinski definition) is 1. The number of methoxy groups -OCH3 is 1. The largest absolute Gasteiger partial charge is 0.497 e. The standard InChI is InChI=1S/C19H22N2O3S/c1-14(25-17-10-5-4-6-11-17)19(23)21(2)13-18(22)20-15-8-7-9-16(12-15)24-3/h4-12,14H,13H2,1-3H3,(H,20,22). The molecule has 0 aliphatic heterocycles. The van der Waals surface area contributed by atoms with Crippen LogP contribution in [-0.4, -0.2) is 42.7 Å². The van der Waals surface area contributed by atoms with E-state index < -0.39 is 0 Å². The van der Waals surface area contributed by atoms with Crippen LogP contribution in [0.15, 0.2) is 59.5 Å². The molecule has 0 aliphatic rings. The zero-order valence-corrected chi connectivity index (χ0v) is 15.4. The first-order valence-corrected chi connectivity index (χ1v) is 8.78. The van der Waals surface area contributed by atoms with E-state index >= 15 is 0 Å². The average Bonchev–Trinajstić information content (AvgIpc) is 2.61. The average molecular weight is 358 g/mol. The molecule has 0 radical (unpaired) electrons. The molecule has 0 heterocycles. The zero-order chi connectivity index (χ0) is 18.2. The van der Waals surface area contributed by atoms with Crippen LogP contribution >= 0.6 is 11.8 Å². The lowest BCUT2D eigenvalue weighted by molar-refractivity contribution is -0.132. The summed E-state index contributed by atoms with van der Waals surface area (Å²) in [6.07, 6.45) is 0. The van der Waals surface area contributed by atoms with Crippen LogP contribution in [0.3, 0.4) is 0 Å². The van der Waals surface area contributed by atoms with Crippen LogP contribution < -0.4 is 10.1 Å². The normalized spacial score (nSPS) is 11.5. The van der Waals surface area contributed by atoms with Crippen LogP contribution in [0.1, 0.15) is 6.92 Å². The monoisotopic (exact) mass is 358 g/mol. The molecule has 2 amide bonds. The van der Waals surface area contributed by atoms with Crippen molar-refractivity contribution < 1.29 is 14.3 Å². The highest BCUT2D eigenvalue weighted by atomic mass is 32.2. The van der Waals surface area contributed by atoms with E-state index in [1.807, 2.05) is 37.3 Å². The Kier molecular flexibility index (Phi) is 6.89. The second-order valence-electron chi connectivity index (χ2n) is 5.55. The lowest BCUT2D eigenvalue weighted by Crippen LogP contribution is -2.38. The number of thioether (sulfide) groups is 1. The summed E-state index contributed by atoms with van der Waals surface area (Å²) >= 11 is 1.48. The Hall–Kier alpha value is -2.47. The van der Waals surface area contributed by atoms with Crippen molar-refractivity contribution >= 4 is 29.3 Å². The number of ether oxygens (including phenoxy) is 1. The highest BCUT2D eigenvalue weighted by molar-refractivity contribution is 8.00. The Morgan fingerprint density at radius 3 is 2.56 bits per heavy atom. The molecule has 6 heteroatoms. The maximum atomic E-state index is 12.4. The highest BCUT2D eigenvalue weighted by Gasteiger charge is 2.20. The Labute approximate surface area is 152 Å². The molecule has 1 unspecified atom stereocenters. The fourth-order valence-corrected chi connectivity index (χ4v) is 3.26. The molecule has 132 valence electrons. The van der Waals surface area contributed by atoms with Crippen LogP contribution in [0.4, 0.5) is 5.69 Å². The first kappa shape index (κ1) is 18.9. The summed E-state index contributed by atoms with van der Waals surface area (Å²) in [6, 6.07) is 16.8. The molecule has 1 N–H and O–H groups in total. The number of benzene rings is 2. The Morgan fingerprint density at radius 2 is 1.88 bits per heavy atom. The van der Waals surface area contributed by atoms with Gasteiger partial charge in [0.25, 0.3) is 0 Å². The van der Waals surface area contributed by atoms with E-state index in [9.17, 15) is 9.59 Å². The van der Waals surface area contributed by atoms with Gasteiger partial charge in [-0.15, -0.1) is 11.8 Å². The van der Waals surface area contributed by atoms with Crippen molar-refractivity contribution in [3.05, 3.63) is 54.6 Å². The summed E-state index contributed by atoms with van der Waals surface area (Å²) in [5.41, 5.74) is 0.636. The smallest absolute Gasteiger partial charge is 0.243 e. The van der Waals surface area contributed by atoms with Crippen molar-refractivity contribution in [2.24, 2.45) is 0 Å². The minimum atomic E-state index is -0.267. The fourth-order valence-electron chi connectivity index (χ4n) is 2.26. The number of nitrogens with zero attached hydrogens (tertiary/aromatic N) is 1. The molecule has 0 aliphatic carbocycles. The van der Waals surface area contributed by atoms with E-state index in [0.29, 0.717) is 11.4 Å². The van der Waals surface area contributed by atoms with Crippen LogP contribution in [0.5, 0.6) is 5.75 Å². The Bertz CT molecular complexity index is 722. The number of rotatable bonds is 7. The van der Waals surface area contributed by atoms with Crippen molar-refractivity contribution in [3.63, 3.8) is 0 Å². The Morgan fingerprint density at radius 1 is 1.16 bits per heavy atom. The van der Waals surface area contributed by atoms with Gasteiger partial charge in [0.1, 0.15) is 5.75 Å². The molecular formula is C19H22N2O3S. The van der Waals surface area contributed by atoms with Gasteiger partial charge in [-0.25, -0.2) is 0 Å². The third-order valence-electron chi connectivity index (χ3n) is 3.51. The third-order valence-corrected chi connectivity index (χ3v) is 4.61. The minimum Gasteiger partial charge on any atom is -0.497 e. The molecule has 0 aromatic heterocycles. The first-order valence-electron chi connectivity index (χ1n) is 7.90. The highest BCUT2D eigenvalue weighted by Crippen LogP contribution is 2.23. The number of nitrogens with one attached hydrogen (secondary N) is 1. The molecule has 0 bridgehead atoms. The van der Waals surface area contributed by atoms with E-state index in [2.05, 4.69) is 5.32 Å². The molecule has 0 saturated carbocycles. The Balaban J connectivity index is 1.87. The molecular weight excluding hydrogens is 336 g/mol. The number of likely N-dealkylation sites (N-methyl/N-ethyl adjacent to an activating group) is 1. The predicted molar refractivity (Wildman–Crippen MR) is 101 cm³/mol. The van der Waals surface area contributed by atoms with Gasteiger partial charge in [-0.2, -0.15) is 0 Å². The molecule has 1 atom stereocenters. The number of carbonyl (C=O) groups is 2. The summed E-state index contributed by atoms with van der Waals surface area (Å²) < 4.78 is 5.13. The fraction of sp³-hybridized carbons (Fsp3) is 0.263. The zero-order valence-electron chi connectivity index (χ0n) is 14.6. The van der Waals surface area contributed by atoms with Gasteiger partial charge in [0.2, 0.25) is 11.8 Å². The van der Waals surface area contributed by atoms with Gasteiger partial charge in [0.05, 0.1) is 18.9 Å². The van der Waals surface area contributed by atoms with Crippen LogP contribution in [-0.2, 0) is 9.59 Å². The second-order valence-corrected chi connectivity index (χ2v) is 6.96. The van der Waals surface area contributed by atoms with Crippen molar-refractivity contribution in [2.75, 3.05) is 26.0 Å². The number of hydrogen-bond acceptors (Lipinski definition) is 4. The molecule has 0 fully saturated rings. The lowest BCUT2D eigenvalue weighted by atomic mass is 10.3. The van der Waals surface area contributed by atoms with E-state index in [-0.39, 0.29) is 23.6 Å². The van der Waals surface area contributed by atoms with Gasteiger partial charge in [0, 0.05) is 23.7 Å². The third kappa shape index (κ3) is 5.83. The van der Waals surface area contributed by atoms with Crippen LogP contribution in [0.25, 0.3) is 0 Å². The molecule has 25 heavy (non-hydrogen) atoms. The first-order chi connectivity index (χ1) is 12.0. The minimum absolute atomic E-state index is 0.00423. The molecule has 5 nitrogen and oxygen atoms in total. The molecule has 0 spiro atoms. The molecule has 0 saturated heterocycles. The number of carbonyl (C=O) groups excluding carboxylic acids is 2. The predicted octanol–water partition coefficient (Wildman–Crippen LogP) is 3.27. The van der Waals surface area contributed by atoms with Crippen molar-refractivity contribution in [1.29, 1.82) is 0 Å². The van der Waals surface area contributed by atoms with Gasteiger partial charge in [-0.05, 0) is 31.2 Å². The van der Waals surface area contributed by atoms with E-state index in [0.717, 1.165) is 4.90 Å². The van der Waals surface area contributed by atoms with E-state index in [1.54, 1.807) is 38.4 Å². The molecule has 2 aromatic rings. The van der Waals surface area contributed by atoms with Gasteiger partial charge >= 0.3 is 0 Å². The summed E-state index contributed by atoms with van der Waals surface area (Å²) in [6.45, 7) is 1.84. The van der Waals surface area contributed by atoms with Crippen LogP contribution in [0, 0.1) is 0 Å². The number of amides is 2. The summed E-state index contributed by atoms with van der Waals surface area (Å²) in [7, 11) is 3.20. The summed E-state index contributed by atoms with van der Waals surface area (Å²) in [5, 5.41) is 2.50. The maximum absolute atomic E-state index is 12.4.